The van der Waals surface area contributed by atoms with Crippen LogP contribution in [0.15, 0.2) is 12.4 Å². The Balaban J connectivity index is 0.00000324. The molecule has 0 aliphatic heterocycles. The number of nitrogens with zero attached hydrogens (tertiary/aromatic N) is 2. The Labute approximate surface area is 129 Å². The number of halogens is 3. The van der Waals surface area contributed by atoms with Crippen molar-refractivity contribution in [1.82, 2.24) is 9.88 Å². The molecule has 0 aliphatic rings. The summed E-state index contributed by atoms with van der Waals surface area (Å²) in [6.45, 7) is 3.97. The van der Waals surface area contributed by atoms with Crippen LogP contribution in [0.25, 0.3) is 0 Å². The highest BCUT2D eigenvalue weighted by molar-refractivity contribution is 6.32. The second kappa shape index (κ2) is 8.46. The molecule has 4 nitrogen and oxygen atoms in total. The second-order valence-corrected chi connectivity index (χ2v) is 4.86. The first-order chi connectivity index (χ1) is 8.45. The van der Waals surface area contributed by atoms with Crippen LogP contribution in [0, 0.1) is 0 Å². The minimum absolute atomic E-state index is 0. The first-order valence-electron chi connectivity index (χ1n) is 5.54. The lowest BCUT2D eigenvalue weighted by molar-refractivity contribution is 0.0822. The summed E-state index contributed by atoms with van der Waals surface area (Å²) in [5.74, 6) is 0.282. The number of alkyl halides is 1. The fourth-order valence-electron chi connectivity index (χ4n) is 1.40. The lowest BCUT2D eigenvalue weighted by Gasteiger charge is -2.20. The van der Waals surface area contributed by atoms with Crippen LogP contribution in [0.3, 0.4) is 0 Å². The van der Waals surface area contributed by atoms with Crippen molar-refractivity contribution in [1.29, 1.82) is 0 Å². The second-order valence-electron chi connectivity index (χ2n) is 4.18. The van der Waals surface area contributed by atoms with Gasteiger partial charge in [0, 0.05) is 25.3 Å². The maximum atomic E-state index is 11.7. The van der Waals surface area contributed by atoms with Crippen LogP contribution < -0.4 is 0 Å². The Bertz CT molecular complexity index is 427. The molecule has 1 amide bonds. The largest absolute Gasteiger partial charge is 0.447 e. The van der Waals surface area contributed by atoms with E-state index in [1.807, 2.05) is 0 Å². The highest BCUT2D eigenvalue weighted by atomic mass is 35.5. The van der Waals surface area contributed by atoms with Crippen LogP contribution in [0.4, 0.5) is 4.79 Å². The topological polar surface area (TPSA) is 42.4 Å². The molecule has 0 unspecified atom stereocenters. The Morgan fingerprint density at radius 2 is 2.11 bits per heavy atom. The minimum Gasteiger partial charge on any atom is -0.447 e. The van der Waals surface area contributed by atoms with Crippen LogP contribution in [-0.2, 0) is 17.2 Å². The number of amides is 1. The molecule has 0 saturated carbocycles. The van der Waals surface area contributed by atoms with Crippen molar-refractivity contribution < 1.29 is 9.53 Å². The summed E-state index contributed by atoms with van der Waals surface area (Å²) in [5.41, 5.74) is 1.61. The van der Waals surface area contributed by atoms with Gasteiger partial charge in [-0.25, -0.2) is 4.79 Å². The molecule has 0 aliphatic carbocycles. The van der Waals surface area contributed by atoms with Crippen LogP contribution in [0.2, 0.25) is 5.02 Å². The molecule has 0 saturated heterocycles. The lowest BCUT2D eigenvalue weighted by Crippen LogP contribution is -2.29. The number of hydrogen-bond acceptors (Lipinski definition) is 3. The number of ether oxygens (including phenoxy) is 1. The molecule has 0 fully saturated rings. The van der Waals surface area contributed by atoms with Gasteiger partial charge >= 0.3 is 6.09 Å². The van der Waals surface area contributed by atoms with Gasteiger partial charge in [-0.2, -0.15) is 0 Å². The number of pyridine rings is 1. The summed E-state index contributed by atoms with van der Waals surface area (Å²) in [6.07, 6.45) is 2.66. The number of aromatic nitrogens is 1. The highest BCUT2D eigenvalue weighted by Gasteiger charge is 2.15. The fourth-order valence-corrected chi connectivity index (χ4v) is 2.03. The maximum absolute atomic E-state index is 11.7. The van der Waals surface area contributed by atoms with E-state index in [9.17, 15) is 4.79 Å². The first kappa shape index (κ1) is 18.3. The van der Waals surface area contributed by atoms with Crippen LogP contribution in [0.5, 0.6) is 0 Å². The molecule has 1 aromatic heterocycles. The third-order valence-corrected chi connectivity index (χ3v) is 2.88. The number of carbonyl (C=O) groups is 1. The molecule has 108 valence electrons. The van der Waals surface area contributed by atoms with Crippen molar-refractivity contribution in [3.05, 3.63) is 28.5 Å². The van der Waals surface area contributed by atoms with Crippen LogP contribution in [0.1, 0.15) is 25.0 Å². The Hall–Kier alpha value is -0.710. The van der Waals surface area contributed by atoms with Gasteiger partial charge in [0.25, 0.3) is 0 Å². The summed E-state index contributed by atoms with van der Waals surface area (Å²) < 4.78 is 5.09. The zero-order valence-electron chi connectivity index (χ0n) is 11.0. The van der Waals surface area contributed by atoms with E-state index in [0.29, 0.717) is 11.6 Å². The van der Waals surface area contributed by atoms with Crippen molar-refractivity contribution in [2.24, 2.45) is 0 Å². The Morgan fingerprint density at radius 1 is 1.47 bits per heavy atom. The van der Waals surface area contributed by atoms with E-state index >= 15 is 0 Å². The van der Waals surface area contributed by atoms with Gasteiger partial charge in [-0.1, -0.05) is 11.6 Å². The average molecular weight is 328 g/mol. The van der Waals surface area contributed by atoms with Crippen molar-refractivity contribution in [3.8, 4) is 0 Å². The third-order valence-electron chi connectivity index (χ3n) is 2.28. The smallest absolute Gasteiger partial charge is 0.410 e. The minimum atomic E-state index is -0.384. The molecule has 0 radical (unpaired) electrons. The molecule has 0 atom stereocenters. The summed E-state index contributed by atoms with van der Waals surface area (Å²) in [4.78, 5) is 17.1. The van der Waals surface area contributed by atoms with Gasteiger partial charge < -0.3 is 9.64 Å². The Kier molecular flexibility index (Phi) is 8.14. The van der Waals surface area contributed by atoms with Gasteiger partial charge in [0.1, 0.15) is 0 Å². The monoisotopic (exact) mass is 326 g/mol. The predicted octanol–water partition coefficient (Wildman–Crippen LogP) is 3.87. The normalized spacial score (nSPS) is 10.0. The molecule has 0 N–H and O–H groups in total. The number of carbonyl (C=O) groups excluding carboxylic acids is 1. The average Bonchev–Trinajstić information content (AvgIpc) is 2.28. The fraction of sp³-hybridized carbons (Fsp3) is 0.500. The molecular formula is C12H17Cl3N2O2. The molecule has 1 rings (SSSR count). The van der Waals surface area contributed by atoms with E-state index in [2.05, 4.69) is 4.98 Å². The first-order valence-corrected chi connectivity index (χ1v) is 6.46. The maximum Gasteiger partial charge on any atom is 0.410 e. The molecule has 1 aromatic rings. The summed E-state index contributed by atoms with van der Waals surface area (Å²) in [7, 11) is 1.66. The zero-order chi connectivity index (χ0) is 13.7. The van der Waals surface area contributed by atoms with Gasteiger partial charge in [-0.15, -0.1) is 24.0 Å². The van der Waals surface area contributed by atoms with E-state index in [4.69, 9.17) is 27.9 Å². The number of rotatable bonds is 4. The highest BCUT2D eigenvalue weighted by Crippen LogP contribution is 2.21. The van der Waals surface area contributed by atoms with Crippen molar-refractivity contribution in [3.63, 3.8) is 0 Å². The van der Waals surface area contributed by atoms with Gasteiger partial charge in [0.15, 0.2) is 0 Å². The summed E-state index contributed by atoms with van der Waals surface area (Å²) in [6, 6.07) is 0. The predicted molar refractivity (Wildman–Crippen MR) is 79.1 cm³/mol. The molecular weight excluding hydrogens is 311 g/mol. The van der Waals surface area contributed by atoms with Crippen molar-refractivity contribution >= 4 is 41.7 Å². The summed E-state index contributed by atoms with van der Waals surface area (Å²) >= 11 is 11.8. The van der Waals surface area contributed by atoms with E-state index < -0.39 is 0 Å². The Morgan fingerprint density at radius 3 is 2.63 bits per heavy atom. The van der Waals surface area contributed by atoms with Gasteiger partial charge in [0.05, 0.1) is 17.7 Å². The third kappa shape index (κ3) is 5.43. The molecule has 0 bridgehead atoms. The quantitative estimate of drug-likeness (QED) is 0.788. The van der Waals surface area contributed by atoms with E-state index in [1.165, 1.54) is 11.1 Å². The van der Waals surface area contributed by atoms with E-state index in [1.54, 1.807) is 27.1 Å². The van der Waals surface area contributed by atoms with E-state index in [0.717, 1.165) is 11.1 Å². The van der Waals surface area contributed by atoms with Crippen LogP contribution >= 0.6 is 35.6 Å². The molecule has 0 aromatic carbocycles. The standard InChI is InChI=1S/C12H16Cl2N2O2.ClH/c1-8(2)18-12(17)16(3)7-9-5-15-6-11(14)10(9)4-13;/h5-6,8H,4,7H2,1-3H3;1H. The van der Waals surface area contributed by atoms with Gasteiger partial charge in [0.2, 0.25) is 0 Å². The number of hydrogen-bond donors (Lipinski definition) is 0. The SMILES string of the molecule is CC(C)OC(=O)N(C)Cc1cncc(Cl)c1CCl.Cl. The molecule has 1 heterocycles. The molecule has 0 spiro atoms. The van der Waals surface area contributed by atoms with Crippen molar-refractivity contribution in [2.75, 3.05) is 7.05 Å². The van der Waals surface area contributed by atoms with Crippen molar-refractivity contribution in [2.45, 2.75) is 32.4 Å². The van der Waals surface area contributed by atoms with Gasteiger partial charge in [-0.05, 0) is 25.0 Å². The van der Waals surface area contributed by atoms with Crippen LogP contribution in [-0.4, -0.2) is 29.1 Å². The molecule has 7 heteroatoms. The zero-order valence-corrected chi connectivity index (χ0v) is 13.3. The van der Waals surface area contributed by atoms with Gasteiger partial charge in [-0.3, -0.25) is 4.98 Å². The molecule has 19 heavy (non-hydrogen) atoms. The lowest BCUT2D eigenvalue weighted by atomic mass is 10.1. The summed E-state index contributed by atoms with van der Waals surface area (Å²) in [5, 5.41) is 0.508. The van der Waals surface area contributed by atoms with E-state index in [-0.39, 0.29) is 30.5 Å².